The fourth-order valence-corrected chi connectivity index (χ4v) is 3.21. The molecule has 0 aromatic heterocycles. The molecule has 0 fully saturated rings. The van der Waals surface area contributed by atoms with Crippen molar-refractivity contribution in [2.75, 3.05) is 6.54 Å². The van der Waals surface area contributed by atoms with Gasteiger partial charge in [-0.1, -0.05) is 96.9 Å². The van der Waals surface area contributed by atoms with Crippen molar-refractivity contribution in [1.82, 2.24) is 5.32 Å². The van der Waals surface area contributed by atoms with E-state index in [1.165, 1.54) is 27.8 Å². The second kappa shape index (κ2) is 12.1. The Hall–Kier alpha value is -2.42. The molecule has 2 heteroatoms. The van der Waals surface area contributed by atoms with Gasteiger partial charge in [-0.3, -0.25) is 0 Å². The van der Waals surface area contributed by atoms with E-state index in [-0.39, 0.29) is 0 Å². The van der Waals surface area contributed by atoms with E-state index in [9.17, 15) is 0 Å². The van der Waals surface area contributed by atoms with E-state index in [0.29, 0.717) is 6.04 Å². The van der Waals surface area contributed by atoms with Crippen molar-refractivity contribution in [3.05, 3.63) is 107 Å². The average molecular weight is 375 g/mol. The van der Waals surface area contributed by atoms with E-state index in [4.69, 9.17) is 5.73 Å². The van der Waals surface area contributed by atoms with Crippen LogP contribution in [0.5, 0.6) is 0 Å². The number of hydrogen-bond acceptors (Lipinski definition) is 2. The highest BCUT2D eigenvalue weighted by molar-refractivity contribution is 5.31. The second-order valence-corrected chi connectivity index (χ2v) is 7.30. The number of nitrogens with one attached hydrogen (secondary N) is 1. The summed E-state index contributed by atoms with van der Waals surface area (Å²) < 4.78 is 0. The lowest BCUT2D eigenvalue weighted by atomic mass is 9.92. The molecule has 4 rings (SSSR count). The molecule has 0 spiro atoms. The maximum Gasteiger partial charge on any atom is 0.0211 e. The highest BCUT2D eigenvalue weighted by Crippen LogP contribution is 2.18. The zero-order valence-corrected chi connectivity index (χ0v) is 17.5. The number of fused-ring (bicyclic) bond motifs is 1. The van der Waals surface area contributed by atoms with E-state index in [1.807, 2.05) is 25.1 Å². The molecule has 1 aliphatic rings. The van der Waals surface area contributed by atoms with E-state index < -0.39 is 0 Å². The number of hydrogen-bond donors (Lipinski definition) is 2. The van der Waals surface area contributed by atoms with Crippen molar-refractivity contribution in [3.8, 4) is 0 Å². The maximum absolute atomic E-state index is 4.85. The van der Waals surface area contributed by atoms with Gasteiger partial charge < -0.3 is 11.1 Å². The van der Waals surface area contributed by atoms with Crippen molar-refractivity contribution in [3.63, 3.8) is 0 Å². The van der Waals surface area contributed by atoms with Crippen LogP contribution in [0.3, 0.4) is 0 Å². The van der Waals surface area contributed by atoms with Gasteiger partial charge in [0.05, 0.1) is 0 Å². The van der Waals surface area contributed by atoms with Crippen molar-refractivity contribution >= 4 is 0 Å². The Bertz CT molecular complexity index is 794. The first-order chi connectivity index (χ1) is 13.6. The summed E-state index contributed by atoms with van der Waals surface area (Å²) in [5.41, 5.74) is 11.9. The van der Waals surface area contributed by atoms with Gasteiger partial charge in [-0.15, -0.1) is 0 Å². The second-order valence-electron chi connectivity index (χ2n) is 7.30. The summed E-state index contributed by atoms with van der Waals surface area (Å²) in [5, 5.41) is 3.64. The molecule has 0 aliphatic carbocycles. The Morgan fingerprint density at radius 1 is 0.786 bits per heavy atom. The van der Waals surface area contributed by atoms with Crippen LogP contribution < -0.4 is 11.1 Å². The van der Waals surface area contributed by atoms with Crippen LogP contribution in [0.2, 0.25) is 0 Å². The molecule has 3 aromatic carbocycles. The number of nitrogens with two attached hydrogens (primary N) is 1. The van der Waals surface area contributed by atoms with Crippen LogP contribution in [0.15, 0.2) is 78.9 Å². The normalized spacial score (nSPS) is 14.6. The van der Waals surface area contributed by atoms with Gasteiger partial charge in [-0.2, -0.15) is 0 Å². The SMILES string of the molecule is CCN.Cc1ccc(CC2Cc3ccccc3CN2)cc1.Cc1ccccc1. The molecule has 2 nitrogen and oxygen atoms in total. The van der Waals surface area contributed by atoms with Gasteiger partial charge in [-0.25, -0.2) is 0 Å². The molecule has 0 saturated heterocycles. The summed E-state index contributed by atoms with van der Waals surface area (Å²) in [5.74, 6) is 0. The predicted molar refractivity (Wildman–Crippen MR) is 122 cm³/mol. The van der Waals surface area contributed by atoms with Gasteiger partial charge in [0.25, 0.3) is 0 Å². The summed E-state index contributed by atoms with van der Waals surface area (Å²) in [6, 6.07) is 28.5. The first-order valence-corrected chi connectivity index (χ1v) is 10.2. The highest BCUT2D eigenvalue weighted by atomic mass is 14.9. The molecule has 1 aliphatic heterocycles. The molecule has 1 unspecified atom stereocenters. The molecule has 1 heterocycles. The molecule has 0 saturated carbocycles. The first-order valence-electron chi connectivity index (χ1n) is 10.2. The van der Waals surface area contributed by atoms with Gasteiger partial charge in [0.15, 0.2) is 0 Å². The minimum Gasteiger partial charge on any atom is -0.331 e. The Balaban J connectivity index is 0.000000233. The van der Waals surface area contributed by atoms with Crippen LogP contribution in [-0.2, 0) is 19.4 Å². The first kappa shape index (κ1) is 21.9. The third-order valence-corrected chi connectivity index (χ3v) is 4.71. The molecule has 148 valence electrons. The third-order valence-electron chi connectivity index (χ3n) is 4.71. The predicted octanol–water partition coefficient (Wildman–Crippen LogP) is 5.21. The molecule has 1 atom stereocenters. The maximum atomic E-state index is 4.85. The van der Waals surface area contributed by atoms with Gasteiger partial charge in [0.1, 0.15) is 0 Å². The van der Waals surface area contributed by atoms with E-state index in [1.54, 1.807) is 0 Å². The Morgan fingerprint density at radius 2 is 1.32 bits per heavy atom. The minimum atomic E-state index is 0.572. The molecule has 3 aromatic rings. The fourth-order valence-electron chi connectivity index (χ4n) is 3.21. The third kappa shape index (κ3) is 7.67. The van der Waals surface area contributed by atoms with E-state index in [0.717, 1.165) is 25.9 Å². The zero-order valence-electron chi connectivity index (χ0n) is 17.5. The average Bonchev–Trinajstić information content (AvgIpc) is 2.71. The Morgan fingerprint density at radius 3 is 1.89 bits per heavy atom. The molecular formula is C26H34N2. The smallest absolute Gasteiger partial charge is 0.0211 e. The summed E-state index contributed by atoms with van der Waals surface area (Å²) >= 11 is 0. The molecule has 0 bridgehead atoms. The highest BCUT2D eigenvalue weighted by Gasteiger charge is 2.17. The van der Waals surface area contributed by atoms with Crippen molar-refractivity contribution in [2.24, 2.45) is 5.73 Å². The Kier molecular flexibility index (Phi) is 9.47. The topological polar surface area (TPSA) is 38.0 Å². The molecular weight excluding hydrogens is 340 g/mol. The lowest BCUT2D eigenvalue weighted by Crippen LogP contribution is -2.37. The van der Waals surface area contributed by atoms with Crippen molar-refractivity contribution in [1.29, 1.82) is 0 Å². The number of aryl methyl sites for hydroxylation is 2. The summed E-state index contributed by atoms with van der Waals surface area (Å²) in [6.07, 6.45) is 2.26. The van der Waals surface area contributed by atoms with Crippen LogP contribution >= 0.6 is 0 Å². The van der Waals surface area contributed by atoms with Crippen LogP contribution in [0.25, 0.3) is 0 Å². The molecule has 0 radical (unpaired) electrons. The van der Waals surface area contributed by atoms with Crippen LogP contribution in [0.1, 0.15) is 34.7 Å². The molecule has 0 amide bonds. The van der Waals surface area contributed by atoms with Crippen molar-refractivity contribution in [2.45, 2.75) is 46.2 Å². The monoisotopic (exact) mass is 374 g/mol. The molecule has 28 heavy (non-hydrogen) atoms. The zero-order chi connectivity index (χ0) is 20.2. The van der Waals surface area contributed by atoms with Crippen LogP contribution in [0.4, 0.5) is 0 Å². The Labute approximate surface area is 170 Å². The summed E-state index contributed by atoms with van der Waals surface area (Å²) in [4.78, 5) is 0. The lowest BCUT2D eigenvalue weighted by molar-refractivity contribution is 0.477. The summed E-state index contributed by atoms with van der Waals surface area (Å²) in [6.45, 7) is 7.88. The largest absolute Gasteiger partial charge is 0.331 e. The quantitative estimate of drug-likeness (QED) is 0.646. The van der Waals surface area contributed by atoms with Gasteiger partial charge in [-0.05, 0) is 49.9 Å². The number of benzene rings is 3. The number of rotatable bonds is 2. The summed E-state index contributed by atoms with van der Waals surface area (Å²) in [7, 11) is 0. The van der Waals surface area contributed by atoms with Crippen LogP contribution in [-0.4, -0.2) is 12.6 Å². The lowest BCUT2D eigenvalue weighted by Gasteiger charge is -2.26. The molecule has 3 N–H and O–H groups in total. The van der Waals surface area contributed by atoms with E-state index >= 15 is 0 Å². The van der Waals surface area contributed by atoms with E-state index in [2.05, 4.69) is 79.8 Å². The van der Waals surface area contributed by atoms with Crippen molar-refractivity contribution < 1.29 is 0 Å². The fraction of sp³-hybridized carbons (Fsp3) is 0.308. The minimum absolute atomic E-state index is 0.572. The standard InChI is InChI=1S/C17H19N.C7H8.C2H7N/c1-13-6-8-14(9-7-13)10-17-11-15-4-2-3-5-16(15)12-18-17;1-7-5-3-2-4-6-7;1-2-3/h2-9,17-18H,10-12H2,1H3;2-6H,1H3;2-3H2,1H3. The van der Waals surface area contributed by atoms with Gasteiger partial charge in [0.2, 0.25) is 0 Å². The van der Waals surface area contributed by atoms with Gasteiger partial charge in [0, 0.05) is 12.6 Å². The van der Waals surface area contributed by atoms with Crippen LogP contribution in [0, 0.1) is 13.8 Å². The van der Waals surface area contributed by atoms with Gasteiger partial charge >= 0.3 is 0 Å².